The summed E-state index contributed by atoms with van der Waals surface area (Å²) in [6.07, 6.45) is 0. The van der Waals surface area contributed by atoms with Gasteiger partial charge >= 0.3 is 5.97 Å². The fraction of sp³-hybridized carbons (Fsp3) is 0.750. The van der Waals surface area contributed by atoms with Crippen LogP contribution in [0, 0.1) is 0 Å². The molecule has 1 aromatic heterocycles. The van der Waals surface area contributed by atoms with Crippen LogP contribution in [0.25, 0.3) is 0 Å². The summed E-state index contributed by atoms with van der Waals surface area (Å²) in [5.41, 5.74) is -0.120. The van der Waals surface area contributed by atoms with Crippen molar-refractivity contribution in [3.63, 3.8) is 0 Å². The number of rotatable bonds is 6. The van der Waals surface area contributed by atoms with Crippen LogP contribution in [0.5, 0.6) is 0 Å². The van der Waals surface area contributed by atoms with Crippen molar-refractivity contribution in [2.45, 2.75) is 26.2 Å². The van der Waals surface area contributed by atoms with E-state index in [9.17, 15) is 4.79 Å². The highest BCUT2D eigenvalue weighted by molar-refractivity contribution is 7.09. The van der Waals surface area contributed by atoms with Gasteiger partial charge in [0.2, 0.25) is 5.13 Å². The van der Waals surface area contributed by atoms with Crippen LogP contribution in [0.4, 0.5) is 5.13 Å². The van der Waals surface area contributed by atoms with Gasteiger partial charge in [-0.25, -0.2) is 4.98 Å². The molecule has 1 heterocycles. The molecule has 0 spiro atoms. The van der Waals surface area contributed by atoms with E-state index < -0.39 is 5.97 Å². The topological polar surface area (TPSA) is 69.6 Å². The SMILES string of the molecule is CN(C)CCN(CC(=O)O)c1nc(C(C)(C)C)ns1. The zero-order valence-electron chi connectivity index (χ0n) is 12.2. The van der Waals surface area contributed by atoms with Crippen molar-refractivity contribution >= 4 is 22.6 Å². The third-order valence-corrected chi connectivity index (χ3v) is 3.28. The van der Waals surface area contributed by atoms with E-state index in [0.717, 1.165) is 12.4 Å². The third-order valence-electron chi connectivity index (χ3n) is 2.50. The van der Waals surface area contributed by atoms with Gasteiger partial charge in [0.1, 0.15) is 12.4 Å². The number of carbonyl (C=O) groups is 1. The van der Waals surface area contributed by atoms with Crippen molar-refractivity contribution in [2.24, 2.45) is 0 Å². The molecular weight excluding hydrogens is 264 g/mol. The maximum Gasteiger partial charge on any atom is 0.323 e. The Kier molecular flexibility index (Phi) is 5.25. The molecule has 0 atom stereocenters. The van der Waals surface area contributed by atoms with Gasteiger partial charge in [-0.05, 0) is 14.1 Å². The molecular formula is C12H22N4O2S. The second-order valence-corrected chi connectivity index (χ2v) is 6.50. The van der Waals surface area contributed by atoms with Gasteiger partial charge in [-0.15, -0.1) is 0 Å². The first-order chi connectivity index (χ1) is 8.70. The Morgan fingerprint density at radius 1 is 1.32 bits per heavy atom. The number of carboxylic acids is 1. The number of aliphatic carboxylic acids is 1. The van der Waals surface area contributed by atoms with Crippen LogP contribution in [0.15, 0.2) is 0 Å². The molecule has 0 aliphatic carbocycles. The van der Waals surface area contributed by atoms with Gasteiger partial charge in [0.05, 0.1) is 0 Å². The van der Waals surface area contributed by atoms with E-state index in [-0.39, 0.29) is 12.0 Å². The number of likely N-dealkylation sites (N-methyl/N-ethyl adjacent to an activating group) is 1. The Hall–Kier alpha value is -1.21. The molecule has 0 bridgehead atoms. The van der Waals surface area contributed by atoms with E-state index in [4.69, 9.17) is 5.11 Å². The van der Waals surface area contributed by atoms with Crippen LogP contribution in [0.2, 0.25) is 0 Å². The molecule has 1 N–H and O–H groups in total. The number of hydrogen-bond donors (Lipinski definition) is 1. The van der Waals surface area contributed by atoms with Crippen LogP contribution in [-0.2, 0) is 10.2 Å². The molecule has 0 aliphatic heterocycles. The molecule has 1 aromatic rings. The summed E-state index contributed by atoms with van der Waals surface area (Å²) in [6, 6.07) is 0. The predicted octanol–water partition coefficient (Wildman–Crippen LogP) is 1.29. The first-order valence-corrected chi connectivity index (χ1v) is 6.93. The number of hydrogen-bond acceptors (Lipinski definition) is 6. The minimum Gasteiger partial charge on any atom is -0.480 e. The molecule has 0 amide bonds. The molecule has 108 valence electrons. The lowest BCUT2D eigenvalue weighted by Gasteiger charge is -2.21. The van der Waals surface area contributed by atoms with E-state index in [1.54, 1.807) is 4.90 Å². The quantitative estimate of drug-likeness (QED) is 0.850. The Labute approximate surface area is 118 Å². The molecule has 0 aromatic carbocycles. The summed E-state index contributed by atoms with van der Waals surface area (Å²) in [4.78, 5) is 19.2. The fourth-order valence-electron chi connectivity index (χ4n) is 1.37. The van der Waals surface area contributed by atoms with Gasteiger partial charge in [-0.2, -0.15) is 4.37 Å². The molecule has 0 radical (unpaired) electrons. The Morgan fingerprint density at radius 3 is 2.37 bits per heavy atom. The molecule has 0 saturated carbocycles. The van der Waals surface area contributed by atoms with Crippen molar-refractivity contribution in [3.8, 4) is 0 Å². The monoisotopic (exact) mass is 286 g/mol. The molecule has 0 unspecified atom stereocenters. The molecule has 1 rings (SSSR count). The normalized spacial score (nSPS) is 11.9. The van der Waals surface area contributed by atoms with Gasteiger partial charge in [0.25, 0.3) is 0 Å². The van der Waals surface area contributed by atoms with E-state index in [1.165, 1.54) is 11.5 Å². The van der Waals surface area contributed by atoms with Gasteiger partial charge in [-0.3, -0.25) is 4.79 Å². The van der Waals surface area contributed by atoms with Gasteiger partial charge < -0.3 is 14.9 Å². The summed E-state index contributed by atoms with van der Waals surface area (Å²) in [5, 5.41) is 9.65. The minimum absolute atomic E-state index is 0.0490. The van der Waals surface area contributed by atoms with Crippen molar-refractivity contribution in [1.82, 2.24) is 14.3 Å². The molecule has 7 heteroatoms. The van der Waals surface area contributed by atoms with Crippen molar-refractivity contribution in [2.75, 3.05) is 38.6 Å². The van der Waals surface area contributed by atoms with Gasteiger partial charge in [0, 0.05) is 30.0 Å². The second kappa shape index (κ2) is 6.29. The molecule has 6 nitrogen and oxygen atoms in total. The lowest BCUT2D eigenvalue weighted by Crippen LogP contribution is -2.35. The van der Waals surface area contributed by atoms with Gasteiger partial charge in [0.15, 0.2) is 0 Å². The van der Waals surface area contributed by atoms with Crippen molar-refractivity contribution in [1.29, 1.82) is 0 Å². The minimum atomic E-state index is -0.855. The predicted molar refractivity (Wildman–Crippen MR) is 77.0 cm³/mol. The lowest BCUT2D eigenvalue weighted by atomic mass is 9.96. The average molecular weight is 286 g/mol. The highest BCUT2D eigenvalue weighted by Gasteiger charge is 2.22. The van der Waals surface area contributed by atoms with E-state index in [0.29, 0.717) is 11.7 Å². The largest absolute Gasteiger partial charge is 0.480 e. The summed E-state index contributed by atoms with van der Waals surface area (Å²) in [7, 11) is 3.92. The van der Waals surface area contributed by atoms with Gasteiger partial charge in [-0.1, -0.05) is 20.8 Å². The zero-order valence-corrected chi connectivity index (χ0v) is 13.0. The van der Waals surface area contributed by atoms with Crippen LogP contribution in [0.3, 0.4) is 0 Å². The van der Waals surface area contributed by atoms with E-state index in [1.807, 2.05) is 39.8 Å². The van der Waals surface area contributed by atoms with E-state index >= 15 is 0 Å². The molecule has 0 saturated heterocycles. The number of nitrogens with zero attached hydrogens (tertiary/aromatic N) is 4. The highest BCUT2D eigenvalue weighted by Crippen LogP contribution is 2.25. The first kappa shape index (κ1) is 15.8. The van der Waals surface area contributed by atoms with Crippen molar-refractivity contribution < 1.29 is 9.90 Å². The van der Waals surface area contributed by atoms with E-state index in [2.05, 4.69) is 9.36 Å². The summed E-state index contributed by atoms with van der Waals surface area (Å²) in [5.74, 6) is -0.0981. The van der Waals surface area contributed by atoms with Crippen LogP contribution in [-0.4, -0.2) is 59.1 Å². The summed E-state index contributed by atoms with van der Waals surface area (Å²) >= 11 is 1.26. The van der Waals surface area contributed by atoms with Crippen molar-refractivity contribution in [3.05, 3.63) is 5.82 Å². The van der Waals surface area contributed by atoms with Crippen LogP contribution in [0.1, 0.15) is 26.6 Å². The Balaban J connectivity index is 2.84. The average Bonchev–Trinajstić information content (AvgIpc) is 2.71. The standard InChI is InChI=1S/C12H22N4O2S/c1-12(2,3)10-13-11(19-14-10)16(8-9(17)18)7-6-15(4)5/h6-8H2,1-5H3,(H,17,18). The van der Waals surface area contributed by atoms with Crippen LogP contribution < -0.4 is 4.90 Å². The third kappa shape index (κ3) is 5.12. The molecule has 0 fully saturated rings. The smallest absolute Gasteiger partial charge is 0.323 e. The van der Waals surface area contributed by atoms with Crippen LogP contribution >= 0.6 is 11.5 Å². The number of carboxylic acid groups (broad SMARTS) is 1. The highest BCUT2D eigenvalue weighted by atomic mass is 32.1. The Bertz CT molecular complexity index is 426. The Morgan fingerprint density at radius 2 is 1.95 bits per heavy atom. The number of anilines is 1. The first-order valence-electron chi connectivity index (χ1n) is 6.16. The summed E-state index contributed by atoms with van der Waals surface area (Å²) in [6.45, 7) is 7.48. The lowest BCUT2D eigenvalue weighted by molar-refractivity contribution is -0.135. The fourth-order valence-corrected chi connectivity index (χ4v) is 2.26. The maximum absolute atomic E-state index is 10.9. The zero-order chi connectivity index (χ0) is 14.6. The maximum atomic E-state index is 10.9. The number of aromatic nitrogens is 2. The summed E-state index contributed by atoms with van der Waals surface area (Å²) < 4.78 is 4.33. The molecule has 19 heavy (non-hydrogen) atoms. The second-order valence-electron chi connectivity index (χ2n) is 5.77. The molecule has 0 aliphatic rings.